The van der Waals surface area contributed by atoms with Gasteiger partial charge in [-0.25, -0.2) is 9.37 Å². The van der Waals surface area contributed by atoms with Crippen molar-refractivity contribution >= 4 is 28.5 Å². The predicted molar refractivity (Wildman–Crippen MR) is 131 cm³/mol. The Bertz CT molecular complexity index is 1330. The van der Waals surface area contributed by atoms with Gasteiger partial charge in [-0.3, -0.25) is 9.78 Å². The van der Waals surface area contributed by atoms with Gasteiger partial charge in [0, 0.05) is 25.4 Å². The third-order valence-corrected chi connectivity index (χ3v) is 5.53. The molecule has 0 bridgehead atoms. The molecule has 0 fully saturated rings. The van der Waals surface area contributed by atoms with E-state index in [1.54, 1.807) is 31.4 Å². The number of rotatable bonds is 9. The molecule has 7 nitrogen and oxygen atoms in total. The number of aromatic nitrogens is 3. The van der Waals surface area contributed by atoms with Crippen LogP contribution >= 0.6 is 0 Å². The summed E-state index contributed by atoms with van der Waals surface area (Å²) in [5, 5.41) is 5.97. The minimum Gasteiger partial charge on any atom is -0.457 e. The van der Waals surface area contributed by atoms with Gasteiger partial charge in [0.2, 0.25) is 5.95 Å². The molecule has 0 saturated carbocycles. The number of anilines is 2. The van der Waals surface area contributed by atoms with E-state index in [4.69, 9.17) is 4.74 Å². The standard InChI is InChI=1S/C26H28FN5O2/c1-16(2)17-5-7-22(27)23(11-17)30-26-31-24-14-20(6-8-25(24)32(26)4)34-21-9-10-29-18(13-21)12-19(33)15-28-3/h5-11,13-14,16,28H,12,15H2,1-4H3,(H,30,31). The largest absolute Gasteiger partial charge is 0.457 e. The van der Waals surface area contributed by atoms with Crippen molar-refractivity contribution in [2.45, 2.75) is 26.2 Å². The second-order valence-corrected chi connectivity index (χ2v) is 8.49. The van der Waals surface area contributed by atoms with E-state index in [2.05, 4.69) is 34.4 Å². The van der Waals surface area contributed by atoms with Crippen molar-refractivity contribution in [1.82, 2.24) is 19.9 Å². The molecule has 0 aliphatic rings. The summed E-state index contributed by atoms with van der Waals surface area (Å²) in [6.07, 6.45) is 1.86. The number of hydrogen-bond donors (Lipinski definition) is 2. The number of carbonyl (C=O) groups is 1. The number of fused-ring (bicyclic) bond motifs is 1. The van der Waals surface area contributed by atoms with Crippen LogP contribution in [0.1, 0.15) is 31.0 Å². The Morgan fingerprint density at radius 3 is 2.68 bits per heavy atom. The molecule has 176 valence electrons. The number of ketones is 1. The fourth-order valence-corrected chi connectivity index (χ4v) is 3.69. The van der Waals surface area contributed by atoms with Crippen LogP contribution in [0.2, 0.25) is 0 Å². The normalized spacial score (nSPS) is 11.2. The molecule has 4 aromatic rings. The molecule has 8 heteroatoms. The number of carbonyl (C=O) groups excluding carboxylic acids is 1. The van der Waals surface area contributed by atoms with Gasteiger partial charge < -0.3 is 19.9 Å². The number of imidazole rings is 1. The van der Waals surface area contributed by atoms with Crippen molar-refractivity contribution in [2.24, 2.45) is 7.05 Å². The summed E-state index contributed by atoms with van der Waals surface area (Å²) in [5.41, 5.74) is 3.67. The second-order valence-electron chi connectivity index (χ2n) is 8.49. The number of aryl methyl sites for hydroxylation is 1. The molecule has 0 unspecified atom stereocenters. The van der Waals surface area contributed by atoms with E-state index in [-0.39, 0.29) is 23.9 Å². The molecule has 2 N–H and O–H groups in total. The topological polar surface area (TPSA) is 81.1 Å². The molecule has 34 heavy (non-hydrogen) atoms. The summed E-state index contributed by atoms with van der Waals surface area (Å²) in [5.74, 6) is 1.73. The van der Waals surface area contributed by atoms with Crippen LogP contribution in [-0.2, 0) is 18.3 Å². The van der Waals surface area contributed by atoms with Crippen LogP contribution in [0.4, 0.5) is 16.0 Å². The van der Waals surface area contributed by atoms with Crippen molar-refractivity contribution in [2.75, 3.05) is 18.9 Å². The molecule has 2 aromatic heterocycles. The van der Waals surface area contributed by atoms with Crippen LogP contribution in [0.15, 0.2) is 54.7 Å². The number of hydrogen-bond acceptors (Lipinski definition) is 6. The Morgan fingerprint density at radius 2 is 1.91 bits per heavy atom. The number of pyridine rings is 1. The summed E-state index contributed by atoms with van der Waals surface area (Å²) < 4.78 is 22.3. The van der Waals surface area contributed by atoms with Gasteiger partial charge >= 0.3 is 0 Å². The molecule has 0 radical (unpaired) electrons. The van der Waals surface area contributed by atoms with E-state index >= 15 is 0 Å². The van der Waals surface area contributed by atoms with Crippen molar-refractivity contribution in [1.29, 1.82) is 0 Å². The van der Waals surface area contributed by atoms with Crippen LogP contribution in [0.3, 0.4) is 0 Å². The number of ether oxygens (including phenoxy) is 1. The average molecular weight is 462 g/mol. The highest BCUT2D eigenvalue weighted by molar-refractivity contribution is 5.82. The monoisotopic (exact) mass is 461 g/mol. The van der Waals surface area contributed by atoms with Crippen molar-refractivity contribution in [3.05, 3.63) is 71.8 Å². The van der Waals surface area contributed by atoms with Gasteiger partial charge in [0.05, 0.1) is 35.4 Å². The van der Waals surface area contributed by atoms with Gasteiger partial charge in [-0.2, -0.15) is 0 Å². The SMILES string of the molecule is CNCC(=O)Cc1cc(Oc2ccc3c(c2)nc(Nc2cc(C(C)C)ccc2F)n3C)ccn1. The summed E-state index contributed by atoms with van der Waals surface area (Å²) in [6.45, 7) is 4.43. The fourth-order valence-electron chi connectivity index (χ4n) is 3.69. The van der Waals surface area contributed by atoms with Crippen molar-refractivity contribution in [3.8, 4) is 11.5 Å². The molecule has 4 rings (SSSR count). The van der Waals surface area contributed by atoms with E-state index < -0.39 is 0 Å². The zero-order valence-corrected chi connectivity index (χ0v) is 19.7. The van der Waals surface area contributed by atoms with Crippen LogP contribution in [0.5, 0.6) is 11.5 Å². The highest BCUT2D eigenvalue weighted by atomic mass is 19.1. The Kier molecular flexibility index (Phi) is 6.88. The van der Waals surface area contributed by atoms with E-state index in [0.29, 0.717) is 40.9 Å². The Balaban J connectivity index is 1.56. The Labute approximate surface area is 198 Å². The fraction of sp³-hybridized carbons (Fsp3) is 0.269. The van der Waals surface area contributed by atoms with Crippen molar-refractivity contribution in [3.63, 3.8) is 0 Å². The Hall–Kier alpha value is -3.78. The summed E-state index contributed by atoms with van der Waals surface area (Å²) >= 11 is 0. The van der Waals surface area contributed by atoms with Crippen LogP contribution < -0.4 is 15.4 Å². The minimum absolute atomic E-state index is 0.0532. The molecule has 2 aromatic carbocycles. The molecule has 0 spiro atoms. The van der Waals surface area contributed by atoms with Gasteiger partial charge in [-0.15, -0.1) is 0 Å². The third-order valence-electron chi connectivity index (χ3n) is 5.53. The minimum atomic E-state index is -0.331. The summed E-state index contributed by atoms with van der Waals surface area (Å²) in [6, 6.07) is 14.2. The first kappa shape index (κ1) is 23.4. The maximum atomic E-state index is 14.4. The first-order valence-corrected chi connectivity index (χ1v) is 11.2. The number of halogens is 1. The number of benzene rings is 2. The molecular formula is C26H28FN5O2. The Morgan fingerprint density at radius 1 is 1.12 bits per heavy atom. The predicted octanol–water partition coefficient (Wildman–Crippen LogP) is 5.10. The van der Waals surface area contributed by atoms with Crippen molar-refractivity contribution < 1.29 is 13.9 Å². The average Bonchev–Trinajstić information content (AvgIpc) is 3.10. The lowest BCUT2D eigenvalue weighted by Crippen LogP contribution is -2.20. The lowest BCUT2D eigenvalue weighted by molar-refractivity contribution is -0.117. The zero-order chi connectivity index (χ0) is 24.2. The number of likely N-dealkylation sites (N-methyl/N-ethyl adjacent to an activating group) is 1. The first-order chi connectivity index (χ1) is 16.3. The van der Waals surface area contributed by atoms with Crippen LogP contribution in [0, 0.1) is 5.82 Å². The van der Waals surface area contributed by atoms with E-state index in [1.807, 2.05) is 35.9 Å². The highest BCUT2D eigenvalue weighted by Gasteiger charge is 2.13. The van der Waals surface area contributed by atoms with Gasteiger partial charge in [-0.05, 0) is 48.9 Å². The van der Waals surface area contributed by atoms with E-state index in [9.17, 15) is 9.18 Å². The van der Waals surface area contributed by atoms with Crippen LogP contribution in [0.25, 0.3) is 11.0 Å². The molecule has 0 saturated heterocycles. The smallest absolute Gasteiger partial charge is 0.208 e. The maximum Gasteiger partial charge on any atom is 0.208 e. The molecular weight excluding hydrogens is 433 g/mol. The second kappa shape index (κ2) is 10.0. The molecule has 0 aliphatic carbocycles. The molecule has 2 heterocycles. The summed E-state index contributed by atoms with van der Waals surface area (Å²) in [4.78, 5) is 20.8. The third kappa shape index (κ3) is 5.23. The van der Waals surface area contributed by atoms with E-state index in [0.717, 1.165) is 11.1 Å². The highest BCUT2D eigenvalue weighted by Crippen LogP contribution is 2.29. The maximum absolute atomic E-state index is 14.4. The molecule has 0 amide bonds. The van der Waals surface area contributed by atoms with Crippen LogP contribution in [-0.4, -0.2) is 33.9 Å². The van der Waals surface area contributed by atoms with Gasteiger partial charge in [-0.1, -0.05) is 19.9 Å². The summed E-state index contributed by atoms with van der Waals surface area (Å²) in [7, 11) is 3.61. The van der Waals surface area contributed by atoms with Gasteiger partial charge in [0.1, 0.15) is 17.3 Å². The zero-order valence-electron chi connectivity index (χ0n) is 19.7. The number of nitrogens with one attached hydrogen (secondary N) is 2. The molecule has 0 aliphatic heterocycles. The quantitative estimate of drug-likeness (QED) is 0.361. The lowest BCUT2D eigenvalue weighted by atomic mass is 10.0. The first-order valence-electron chi connectivity index (χ1n) is 11.2. The van der Waals surface area contributed by atoms with Gasteiger partial charge in [0.25, 0.3) is 0 Å². The number of nitrogens with zero attached hydrogens (tertiary/aromatic N) is 3. The molecule has 0 atom stereocenters. The number of Topliss-reactive ketones (excluding diaryl/α,β-unsaturated/α-hetero) is 1. The van der Waals surface area contributed by atoms with Gasteiger partial charge in [0.15, 0.2) is 5.78 Å². The van der Waals surface area contributed by atoms with E-state index in [1.165, 1.54) is 6.07 Å². The lowest BCUT2D eigenvalue weighted by Gasteiger charge is -2.11.